The first kappa shape index (κ1) is 20.8. The summed E-state index contributed by atoms with van der Waals surface area (Å²) in [7, 11) is 0. The van der Waals surface area contributed by atoms with Crippen molar-refractivity contribution in [2.24, 2.45) is 11.8 Å². The lowest BCUT2D eigenvalue weighted by Gasteiger charge is -2.34. The molecule has 7 rings (SSSR count). The van der Waals surface area contributed by atoms with E-state index in [1.807, 2.05) is 97.1 Å². The van der Waals surface area contributed by atoms with Gasteiger partial charge in [-0.25, -0.2) is 4.90 Å². The van der Waals surface area contributed by atoms with Crippen molar-refractivity contribution >= 4 is 33.4 Å². The Morgan fingerprint density at radius 3 is 1.49 bits per heavy atom. The lowest BCUT2D eigenvalue weighted by atomic mass is 9.61. The molecule has 2 amide bonds. The summed E-state index contributed by atoms with van der Waals surface area (Å²) in [5.74, 6) is -1.82. The molecule has 4 nitrogen and oxygen atoms in total. The Morgan fingerprint density at radius 1 is 0.600 bits per heavy atom. The number of nitrogens with zero attached hydrogens (tertiary/aromatic N) is 1. The maximum Gasteiger partial charge on any atom is 0.241 e. The monoisotopic (exact) mass is 521 g/mol. The normalized spacial score (nSPS) is 28.3. The fraction of sp³-hybridized carbons (Fsp3) is 0.133. The van der Waals surface area contributed by atoms with E-state index in [-0.39, 0.29) is 11.8 Å². The quantitative estimate of drug-likeness (QED) is 0.321. The fourth-order valence-corrected chi connectivity index (χ4v) is 6.71. The number of anilines is 1. The third-order valence-corrected chi connectivity index (χ3v) is 8.25. The summed E-state index contributed by atoms with van der Waals surface area (Å²) in [6.45, 7) is 0. The highest BCUT2D eigenvalue weighted by Gasteiger charge is 2.78. The number of ether oxygens (including phenoxy) is 1. The first-order valence-corrected chi connectivity index (χ1v) is 12.4. The van der Waals surface area contributed by atoms with Gasteiger partial charge in [-0.2, -0.15) is 0 Å². The molecule has 0 saturated carbocycles. The third kappa shape index (κ3) is 2.49. The maximum atomic E-state index is 14.2. The predicted molar refractivity (Wildman–Crippen MR) is 136 cm³/mol. The predicted octanol–water partition coefficient (Wildman–Crippen LogP) is 5.79. The van der Waals surface area contributed by atoms with E-state index < -0.39 is 23.0 Å². The summed E-state index contributed by atoms with van der Waals surface area (Å²) in [6, 6.07) is 35.1. The van der Waals surface area contributed by atoms with E-state index in [0.717, 1.165) is 26.7 Å². The van der Waals surface area contributed by atoms with Crippen LogP contribution in [-0.4, -0.2) is 11.8 Å². The van der Waals surface area contributed by atoms with E-state index in [9.17, 15) is 9.59 Å². The molecule has 5 heteroatoms. The highest BCUT2D eigenvalue weighted by Crippen LogP contribution is 2.70. The van der Waals surface area contributed by atoms with Gasteiger partial charge >= 0.3 is 0 Å². The highest BCUT2D eigenvalue weighted by atomic mass is 79.9. The average Bonchev–Trinajstić information content (AvgIpc) is 3.50. The fourth-order valence-electron chi connectivity index (χ4n) is 6.45. The van der Waals surface area contributed by atoms with Gasteiger partial charge in [0.1, 0.15) is 11.2 Å². The Hall–Kier alpha value is -3.54. The van der Waals surface area contributed by atoms with Crippen LogP contribution in [0.4, 0.5) is 5.69 Å². The van der Waals surface area contributed by atoms with Gasteiger partial charge in [-0.1, -0.05) is 101 Å². The number of fused-ring (bicyclic) bond motifs is 8. The van der Waals surface area contributed by atoms with Crippen LogP contribution in [0.15, 0.2) is 114 Å². The second-order valence-corrected chi connectivity index (χ2v) is 10.2. The van der Waals surface area contributed by atoms with Crippen molar-refractivity contribution in [3.8, 4) is 0 Å². The number of carbonyl (C=O) groups is 2. The lowest BCUT2D eigenvalue weighted by Crippen LogP contribution is -2.42. The molecule has 4 atom stereocenters. The number of hydrogen-bond donors (Lipinski definition) is 0. The van der Waals surface area contributed by atoms with Crippen LogP contribution in [0.3, 0.4) is 0 Å². The Labute approximate surface area is 211 Å². The topological polar surface area (TPSA) is 46.6 Å². The van der Waals surface area contributed by atoms with Crippen LogP contribution in [0.2, 0.25) is 0 Å². The van der Waals surface area contributed by atoms with Gasteiger partial charge < -0.3 is 4.74 Å². The van der Waals surface area contributed by atoms with Gasteiger partial charge in [-0.15, -0.1) is 0 Å². The number of imide groups is 1. The van der Waals surface area contributed by atoms with Gasteiger partial charge in [-0.05, 0) is 46.5 Å². The van der Waals surface area contributed by atoms with E-state index in [1.165, 1.54) is 4.90 Å². The minimum atomic E-state index is -1.06. The number of hydrogen-bond acceptors (Lipinski definition) is 3. The SMILES string of the molecule is O=C1[C@@H]2[C@H](C(=O)N1c1ccc(Br)cc1)[C@@]1(c3ccccc3)O[C@]2(c2ccccc2)c2ccccc21. The molecule has 4 aromatic carbocycles. The molecule has 0 unspecified atom stereocenters. The summed E-state index contributed by atoms with van der Waals surface area (Å²) in [6.07, 6.45) is 0. The van der Waals surface area contributed by atoms with Crippen LogP contribution < -0.4 is 4.90 Å². The Kier molecular flexibility index (Phi) is 4.30. The van der Waals surface area contributed by atoms with E-state index in [1.54, 1.807) is 12.1 Å². The second kappa shape index (κ2) is 7.23. The van der Waals surface area contributed by atoms with Crippen molar-refractivity contribution in [2.75, 3.05) is 4.90 Å². The first-order chi connectivity index (χ1) is 17.1. The molecule has 0 spiro atoms. The van der Waals surface area contributed by atoms with Crippen LogP contribution >= 0.6 is 15.9 Å². The summed E-state index contributed by atoms with van der Waals surface area (Å²) >= 11 is 3.45. The number of amides is 2. The average molecular weight is 522 g/mol. The van der Waals surface area contributed by atoms with E-state index in [4.69, 9.17) is 4.74 Å². The van der Waals surface area contributed by atoms with Crippen LogP contribution in [0.1, 0.15) is 22.3 Å². The van der Waals surface area contributed by atoms with Gasteiger partial charge in [0.15, 0.2) is 0 Å². The largest absolute Gasteiger partial charge is 0.348 e. The van der Waals surface area contributed by atoms with Crippen molar-refractivity contribution in [2.45, 2.75) is 11.2 Å². The Morgan fingerprint density at radius 2 is 1.03 bits per heavy atom. The molecular formula is C30H20BrNO3. The third-order valence-electron chi connectivity index (χ3n) is 7.72. The second-order valence-electron chi connectivity index (χ2n) is 9.29. The van der Waals surface area contributed by atoms with Crippen molar-refractivity contribution in [1.29, 1.82) is 0 Å². The molecular weight excluding hydrogens is 502 g/mol. The number of benzene rings is 4. The Balaban J connectivity index is 1.54. The number of carbonyl (C=O) groups excluding carboxylic acids is 2. The van der Waals surface area contributed by atoms with Gasteiger partial charge in [0.2, 0.25) is 11.8 Å². The van der Waals surface area contributed by atoms with Crippen LogP contribution in [-0.2, 0) is 25.5 Å². The van der Waals surface area contributed by atoms with E-state index in [0.29, 0.717) is 5.69 Å². The molecule has 3 heterocycles. The lowest BCUT2D eigenvalue weighted by molar-refractivity contribution is -0.131. The molecule has 2 bridgehead atoms. The number of rotatable bonds is 3. The van der Waals surface area contributed by atoms with Crippen LogP contribution in [0, 0.1) is 11.8 Å². The molecule has 3 aliphatic rings. The molecule has 4 aromatic rings. The minimum Gasteiger partial charge on any atom is -0.348 e. The first-order valence-electron chi connectivity index (χ1n) is 11.6. The summed E-state index contributed by atoms with van der Waals surface area (Å²) < 4.78 is 8.01. The molecule has 0 radical (unpaired) electrons. The van der Waals surface area contributed by atoms with Crippen molar-refractivity contribution < 1.29 is 14.3 Å². The molecule has 35 heavy (non-hydrogen) atoms. The summed E-state index contributed by atoms with van der Waals surface area (Å²) in [5, 5.41) is 0. The maximum absolute atomic E-state index is 14.2. The zero-order chi connectivity index (χ0) is 23.8. The van der Waals surface area contributed by atoms with Gasteiger partial charge in [0.05, 0.1) is 17.5 Å². The minimum absolute atomic E-state index is 0.224. The van der Waals surface area contributed by atoms with Crippen molar-refractivity contribution in [1.82, 2.24) is 0 Å². The zero-order valence-corrected chi connectivity index (χ0v) is 20.2. The molecule has 3 aliphatic heterocycles. The molecule has 2 fully saturated rings. The molecule has 0 N–H and O–H groups in total. The highest BCUT2D eigenvalue weighted by molar-refractivity contribution is 9.10. The van der Waals surface area contributed by atoms with Crippen LogP contribution in [0.25, 0.3) is 0 Å². The molecule has 0 aromatic heterocycles. The Bertz CT molecular complexity index is 1400. The standard InChI is InChI=1S/C30H20BrNO3/c31-21-15-17-22(18-16-21)32-27(33)25-26(28(32)34)30(20-11-5-2-6-12-20)24-14-8-7-13-23(24)29(25,35-30)19-9-3-1-4-10-19/h1-18,25-26H/t25-,26+,29+,30-. The molecule has 170 valence electrons. The van der Waals surface area contributed by atoms with E-state index >= 15 is 0 Å². The zero-order valence-electron chi connectivity index (χ0n) is 18.6. The summed E-state index contributed by atoms with van der Waals surface area (Å²) in [4.78, 5) is 29.9. The summed E-state index contributed by atoms with van der Waals surface area (Å²) in [5.41, 5.74) is 2.13. The number of halogens is 1. The van der Waals surface area contributed by atoms with Gasteiger partial charge in [0, 0.05) is 4.47 Å². The molecule has 0 aliphatic carbocycles. The van der Waals surface area contributed by atoms with Crippen LogP contribution in [0.5, 0.6) is 0 Å². The van der Waals surface area contributed by atoms with Crippen molar-refractivity contribution in [3.05, 3.63) is 136 Å². The van der Waals surface area contributed by atoms with E-state index in [2.05, 4.69) is 15.9 Å². The van der Waals surface area contributed by atoms with Crippen molar-refractivity contribution in [3.63, 3.8) is 0 Å². The van der Waals surface area contributed by atoms with Gasteiger partial charge in [-0.3, -0.25) is 9.59 Å². The molecule has 2 saturated heterocycles. The van der Waals surface area contributed by atoms with Gasteiger partial charge in [0.25, 0.3) is 0 Å². The smallest absolute Gasteiger partial charge is 0.241 e.